The van der Waals surface area contributed by atoms with Gasteiger partial charge in [-0.05, 0) is 60.9 Å². The van der Waals surface area contributed by atoms with Gasteiger partial charge >= 0.3 is 6.09 Å². The van der Waals surface area contributed by atoms with E-state index in [9.17, 15) is 18.8 Å². The van der Waals surface area contributed by atoms with Crippen LogP contribution in [0.25, 0.3) is 0 Å². The van der Waals surface area contributed by atoms with Gasteiger partial charge in [0, 0.05) is 6.20 Å². The molecule has 3 amide bonds. The Hall–Kier alpha value is -4.12. The van der Waals surface area contributed by atoms with E-state index in [1.807, 2.05) is 19.2 Å². The van der Waals surface area contributed by atoms with Crippen molar-refractivity contribution >= 4 is 40.5 Å². The molecular weight excluding hydrogens is 499 g/mol. The first-order valence-electron chi connectivity index (χ1n) is 11.5. The fourth-order valence-electron chi connectivity index (χ4n) is 3.40. The molecule has 1 unspecified atom stereocenters. The van der Waals surface area contributed by atoms with Gasteiger partial charge < -0.3 is 20.2 Å². The lowest BCUT2D eigenvalue weighted by Gasteiger charge is -2.15. The van der Waals surface area contributed by atoms with Crippen LogP contribution in [0.15, 0.2) is 82.1 Å². The summed E-state index contributed by atoms with van der Waals surface area (Å²) in [6, 6.07) is 8.10. The number of nitrogens with zero attached hydrogens (tertiary/aromatic N) is 2. The summed E-state index contributed by atoms with van der Waals surface area (Å²) < 4.78 is 19.4. The topological polar surface area (TPSA) is 124 Å². The number of rotatable bonds is 10. The van der Waals surface area contributed by atoms with E-state index in [0.29, 0.717) is 34.2 Å². The summed E-state index contributed by atoms with van der Waals surface area (Å²) in [6.07, 6.45) is 8.93. The van der Waals surface area contributed by atoms with Crippen LogP contribution in [-0.2, 0) is 22.6 Å². The Labute approximate surface area is 217 Å². The molecule has 0 saturated carbocycles. The Morgan fingerprint density at radius 1 is 1.32 bits per heavy atom. The third kappa shape index (κ3) is 7.68. The number of carbonyl (C=O) groups is 3. The van der Waals surface area contributed by atoms with E-state index in [2.05, 4.69) is 10.3 Å². The predicted octanol–water partition coefficient (Wildman–Crippen LogP) is 4.51. The second kappa shape index (κ2) is 13.3. The number of aryl methyl sites for hydroxylation is 1. The molecule has 1 fully saturated rings. The van der Waals surface area contributed by atoms with Gasteiger partial charge in [0.1, 0.15) is 23.4 Å². The molecule has 1 aromatic heterocycles. The molecule has 1 aliphatic rings. The van der Waals surface area contributed by atoms with E-state index in [1.165, 1.54) is 35.2 Å². The first-order chi connectivity index (χ1) is 17.8. The van der Waals surface area contributed by atoms with Gasteiger partial charge in [0.05, 0.1) is 18.5 Å². The Balaban J connectivity index is 1.86. The quantitative estimate of drug-likeness (QED) is 0.391. The highest BCUT2D eigenvalue weighted by Crippen LogP contribution is 2.35. The lowest BCUT2D eigenvalue weighted by molar-refractivity contribution is -0.126. The maximum absolute atomic E-state index is 14.0. The molecule has 9 nitrogen and oxygen atoms in total. The van der Waals surface area contributed by atoms with E-state index in [0.717, 1.165) is 0 Å². The first kappa shape index (κ1) is 27.5. The summed E-state index contributed by atoms with van der Waals surface area (Å²) >= 11 is 1.26. The summed E-state index contributed by atoms with van der Waals surface area (Å²) in [6.45, 7) is 3.48. The highest BCUT2D eigenvalue weighted by molar-refractivity contribution is 8.15. The normalized spacial score (nSPS) is 17.3. The Morgan fingerprint density at radius 3 is 2.81 bits per heavy atom. The predicted molar refractivity (Wildman–Crippen MR) is 140 cm³/mol. The maximum Gasteiger partial charge on any atom is 0.405 e. The smallest absolute Gasteiger partial charge is 0.405 e. The molecule has 37 heavy (non-hydrogen) atoms. The number of aliphatic imine (C=N–C) groups is 1. The SMILES string of the molecule is C\C=C/C(=C\C=C\NC(=O)CNC(=O)O)C1SC(=Nc2ccc(F)c(CC)c2)N(Cc2ccco2)C1=O. The monoisotopic (exact) mass is 526 g/mol. The molecule has 0 bridgehead atoms. The van der Waals surface area contributed by atoms with E-state index < -0.39 is 17.3 Å². The van der Waals surface area contributed by atoms with Crippen molar-refractivity contribution in [1.82, 2.24) is 15.5 Å². The second-order valence-corrected chi connectivity index (χ2v) is 8.85. The zero-order valence-corrected chi connectivity index (χ0v) is 21.1. The van der Waals surface area contributed by atoms with Gasteiger partial charge in [-0.25, -0.2) is 14.2 Å². The number of amidine groups is 1. The molecule has 0 radical (unpaired) electrons. The van der Waals surface area contributed by atoms with Crippen LogP contribution in [0.5, 0.6) is 0 Å². The van der Waals surface area contributed by atoms with Crippen molar-refractivity contribution in [1.29, 1.82) is 0 Å². The van der Waals surface area contributed by atoms with Crippen molar-refractivity contribution in [2.75, 3.05) is 6.54 Å². The molecular formula is C26H27FN4O5S. The number of halogens is 1. The average Bonchev–Trinajstić information content (AvgIpc) is 3.50. The number of amides is 3. The molecule has 1 aromatic carbocycles. The van der Waals surface area contributed by atoms with Crippen LogP contribution in [0, 0.1) is 5.82 Å². The molecule has 1 aliphatic heterocycles. The third-order valence-corrected chi connectivity index (χ3v) is 6.40. The number of nitrogens with one attached hydrogen (secondary N) is 2. The minimum atomic E-state index is -1.30. The highest BCUT2D eigenvalue weighted by Gasteiger charge is 2.39. The summed E-state index contributed by atoms with van der Waals surface area (Å²) in [5.74, 6) is -0.450. The van der Waals surface area contributed by atoms with Gasteiger partial charge in [-0.3, -0.25) is 14.5 Å². The number of carbonyl (C=O) groups excluding carboxylic acids is 2. The molecule has 2 heterocycles. The van der Waals surface area contributed by atoms with Crippen LogP contribution < -0.4 is 10.6 Å². The largest absolute Gasteiger partial charge is 0.467 e. The van der Waals surface area contributed by atoms with Gasteiger partial charge in [-0.15, -0.1) is 0 Å². The van der Waals surface area contributed by atoms with Crippen LogP contribution in [-0.4, -0.2) is 44.9 Å². The standard InChI is InChI=1S/C26H27FN4O5S/c1-3-7-18(8-5-12-28-22(32)15-29-26(34)35)23-24(33)31(16-20-9-6-13-36-20)25(37-23)30-19-10-11-21(27)17(4-2)14-19/h3,5-14,23,29H,4,15-16H2,1-2H3,(H,28,32)(H,34,35)/b7-3-,12-5+,18-8+,30-25?. The Bertz CT molecular complexity index is 1250. The molecule has 11 heteroatoms. The molecule has 1 saturated heterocycles. The average molecular weight is 527 g/mol. The summed E-state index contributed by atoms with van der Waals surface area (Å²) in [7, 11) is 0. The van der Waals surface area contributed by atoms with Crippen molar-refractivity contribution in [2.24, 2.45) is 4.99 Å². The van der Waals surface area contributed by atoms with Crippen molar-refractivity contribution in [3.8, 4) is 0 Å². The first-order valence-corrected chi connectivity index (χ1v) is 12.3. The number of carboxylic acid groups (broad SMARTS) is 1. The minimum absolute atomic E-state index is 0.182. The van der Waals surface area contributed by atoms with Crippen LogP contribution >= 0.6 is 11.8 Å². The summed E-state index contributed by atoms with van der Waals surface area (Å²) in [4.78, 5) is 41.9. The lowest BCUT2D eigenvalue weighted by Crippen LogP contribution is -2.33. The number of hydrogen-bond acceptors (Lipinski definition) is 6. The van der Waals surface area contributed by atoms with E-state index in [1.54, 1.807) is 48.6 Å². The van der Waals surface area contributed by atoms with Crippen LogP contribution in [0.2, 0.25) is 0 Å². The van der Waals surface area contributed by atoms with Gasteiger partial charge in [-0.1, -0.05) is 36.9 Å². The molecule has 0 spiro atoms. The van der Waals surface area contributed by atoms with Gasteiger partial charge in [0.25, 0.3) is 0 Å². The summed E-state index contributed by atoms with van der Waals surface area (Å²) in [5.41, 5.74) is 1.73. The number of furan rings is 1. The second-order valence-electron chi connectivity index (χ2n) is 7.78. The van der Waals surface area contributed by atoms with Crippen LogP contribution in [0.3, 0.4) is 0 Å². The molecule has 0 aliphatic carbocycles. The zero-order chi connectivity index (χ0) is 26.8. The molecule has 3 N–H and O–H groups in total. The van der Waals surface area contributed by atoms with Crippen molar-refractivity contribution in [3.63, 3.8) is 0 Å². The van der Waals surface area contributed by atoms with Crippen LogP contribution in [0.1, 0.15) is 25.2 Å². The number of benzene rings is 1. The van der Waals surface area contributed by atoms with E-state index >= 15 is 0 Å². The number of thioether (sulfide) groups is 1. The lowest BCUT2D eigenvalue weighted by atomic mass is 10.1. The molecule has 1 atom stereocenters. The zero-order valence-electron chi connectivity index (χ0n) is 20.3. The van der Waals surface area contributed by atoms with Crippen molar-refractivity contribution in [2.45, 2.75) is 32.1 Å². The van der Waals surface area contributed by atoms with Crippen LogP contribution in [0.4, 0.5) is 14.9 Å². The fraction of sp³-hybridized carbons (Fsp3) is 0.231. The van der Waals surface area contributed by atoms with E-state index in [4.69, 9.17) is 9.52 Å². The minimum Gasteiger partial charge on any atom is -0.467 e. The molecule has 2 aromatic rings. The van der Waals surface area contributed by atoms with Crippen molar-refractivity contribution < 1.29 is 28.3 Å². The Morgan fingerprint density at radius 2 is 2.14 bits per heavy atom. The highest BCUT2D eigenvalue weighted by atomic mass is 32.2. The fourth-order valence-corrected chi connectivity index (χ4v) is 4.57. The molecule has 194 valence electrons. The third-order valence-electron chi connectivity index (χ3n) is 5.16. The van der Waals surface area contributed by atoms with Crippen molar-refractivity contribution in [3.05, 3.63) is 89.8 Å². The number of hydrogen-bond donors (Lipinski definition) is 3. The molecule has 3 rings (SSSR count). The van der Waals surface area contributed by atoms with Gasteiger partial charge in [-0.2, -0.15) is 0 Å². The summed E-state index contributed by atoms with van der Waals surface area (Å²) in [5, 5.41) is 12.8. The Kier molecular flexibility index (Phi) is 9.84. The van der Waals surface area contributed by atoms with Gasteiger partial charge in [0.2, 0.25) is 11.8 Å². The maximum atomic E-state index is 14.0. The van der Waals surface area contributed by atoms with E-state index in [-0.39, 0.29) is 24.8 Å². The number of allylic oxidation sites excluding steroid dienone is 4. The van der Waals surface area contributed by atoms with Gasteiger partial charge in [0.15, 0.2) is 5.17 Å².